The lowest BCUT2D eigenvalue weighted by molar-refractivity contribution is 0.415. The normalized spacial score (nSPS) is 10.9. The number of rotatable bonds is 7. The van der Waals surface area contributed by atoms with Crippen LogP contribution >= 0.6 is 11.6 Å². The Morgan fingerprint density at radius 3 is 2.84 bits per heavy atom. The van der Waals surface area contributed by atoms with Gasteiger partial charge in [-0.3, -0.25) is 4.68 Å². The Labute approximate surface area is 151 Å². The van der Waals surface area contributed by atoms with E-state index in [0.717, 1.165) is 36.1 Å². The summed E-state index contributed by atoms with van der Waals surface area (Å²) in [6, 6.07) is 5.50. The van der Waals surface area contributed by atoms with Gasteiger partial charge in [-0.25, -0.2) is 0 Å². The number of halogens is 1. The summed E-state index contributed by atoms with van der Waals surface area (Å²) in [5.74, 6) is 1.88. The summed E-state index contributed by atoms with van der Waals surface area (Å²) in [6.45, 7) is 2.97. The molecule has 0 saturated heterocycles. The Bertz CT molecular complexity index is 879. The number of nitrogens with one attached hydrogen (secondary N) is 2. The maximum absolute atomic E-state index is 6.21. The summed E-state index contributed by atoms with van der Waals surface area (Å²) in [4.78, 5) is 9.14. The highest BCUT2D eigenvalue weighted by molar-refractivity contribution is 6.32. The lowest BCUT2D eigenvalue weighted by Gasteiger charge is -2.11. The van der Waals surface area contributed by atoms with Crippen LogP contribution in [0.3, 0.4) is 0 Å². The molecule has 2 heterocycles. The maximum atomic E-state index is 6.21. The molecular weight excluding hydrogens is 340 g/mol. The van der Waals surface area contributed by atoms with E-state index in [1.54, 1.807) is 24.1 Å². The fraction of sp³-hybridized carbons (Fsp3) is 0.353. The number of aryl methyl sites for hydroxylation is 1. The molecule has 0 saturated carbocycles. The fourth-order valence-electron chi connectivity index (χ4n) is 2.45. The zero-order valence-electron chi connectivity index (χ0n) is 14.5. The molecule has 25 heavy (non-hydrogen) atoms. The Kier molecular flexibility index (Phi) is 5.23. The first-order valence-corrected chi connectivity index (χ1v) is 8.54. The summed E-state index contributed by atoms with van der Waals surface area (Å²) in [5, 5.41) is 12.2. The highest BCUT2D eigenvalue weighted by Crippen LogP contribution is 2.30. The van der Waals surface area contributed by atoms with E-state index in [1.807, 2.05) is 19.2 Å². The zero-order valence-corrected chi connectivity index (χ0v) is 15.3. The number of ether oxygens (including phenoxy) is 1. The second-order valence-corrected chi connectivity index (χ2v) is 6.06. The third kappa shape index (κ3) is 3.76. The highest BCUT2D eigenvalue weighted by Gasteiger charge is 2.12. The molecule has 0 aliphatic heterocycles. The van der Waals surface area contributed by atoms with Crippen molar-refractivity contribution in [1.29, 1.82) is 0 Å². The molecule has 1 aromatic carbocycles. The average Bonchev–Trinajstić information content (AvgIpc) is 2.97. The summed E-state index contributed by atoms with van der Waals surface area (Å²) in [5.41, 5.74) is 1.57. The van der Waals surface area contributed by atoms with E-state index in [2.05, 4.69) is 32.6 Å². The van der Waals surface area contributed by atoms with Crippen LogP contribution in [-0.2, 0) is 7.05 Å². The number of fused-ring (bicyclic) bond motifs is 1. The van der Waals surface area contributed by atoms with Crippen molar-refractivity contribution in [3.63, 3.8) is 0 Å². The van der Waals surface area contributed by atoms with E-state index in [9.17, 15) is 0 Å². The molecular formula is C17H21ClN6O. The summed E-state index contributed by atoms with van der Waals surface area (Å²) < 4.78 is 6.92. The van der Waals surface area contributed by atoms with Gasteiger partial charge in [-0.05, 0) is 24.6 Å². The average molecular weight is 361 g/mol. The van der Waals surface area contributed by atoms with E-state index in [0.29, 0.717) is 22.5 Å². The van der Waals surface area contributed by atoms with Crippen molar-refractivity contribution >= 4 is 40.1 Å². The van der Waals surface area contributed by atoms with Gasteiger partial charge in [0.1, 0.15) is 11.6 Å². The summed E-state index contributed by atoms with van der Waals surface area (Å²) >= 11 is 6.21. The predicted octanol–water partition coefficient (Wildman–Crippen LogP) is 3.98. The van der Waals surface area contributed by atoms with E-state index in [-0.39, 0.29) is 0 Å². The van der Waals surface area contributed by atoms with E-state index in [4.69, 9.17) is 16.3 Å². The van der Waals surface area contributed by atoms with Crippen LogP contribution in [0.25, 0.3) is 11.0 Å². The highest BCUT2D eigenvalue weighted by atomic mass is 35.5. The lowest BCUT2D eigenvalue weighted by Crippen LogP contribution is -2.08. The number of unbranched alkanes of at least 4 members (excludes halogenated alkanes) is 1. The van der Waals surface area contributed by atoms with E-state index < -0.39 is 0 Å². The molecule has 0 atom stereocenters. The summed E-state index contributed by atoms with van der Waals surface area (Å²) in [7, 11) is 3.45. The third-order valence-corrected chi connectivity index (χ3v) is 4.12. The Morgan fingerprint density at radius 2 is 2.12 bits per heavy atom. The zero-order chi connectivity index (χ0) is 17.8. The maximum Gasteiger partial charge on any atom is 0.226 e. The molecule has 0 aliphatic rings. The number of nitrogens with zero attached hydrogens (tertiary/aromatic N) is 4. The minimum absolute atomic E-state index is 0.533. The molecule has 0 radical (unpaired) electrons. The molecule has 8 heteroatoms. The number of methoxy groups -OCH3 is 1. The third-order valence-electron chi connectivity index (χ3n) is 3.82. The van der Waals surface area contributed by atoms with Gasteiger partial charge in [-0.1, -0.05) is 24.9 Å². The van der Waals surface area contributed by atoms with Gasteiger partial charge in [0.05, 0.1) is 23.7 Å². The van der Waals surface area contributed by atoms with Crippen LogP contribution in [0.1, 0.15) is 19.8 Å². The van der Waals surface area contributed by atoms with Crippen LogP contribution in [0, 0.1) is 0 Å². The molecule has 132 valence electrons. The smallest absolute Gasteiger partial charge is 0.226 e. The van der Waals surface area contributed by atoms with Gasteiger partial charge in [-0.15, -0.1) is 0 Å². The minimum Gasteiger partial charge on any atom is -0.495 e. The van der Waals surface area contributed by atoms with Crippen LogP contribution < -0.4 is 15.4 Å². The standard InChI is InChI=1S/C17H21ClN6O/c1-4-5-8-19-17-22-15(12-10-20-24(2)16(12)23-17)21-11-6-7-14(25-3)13(18)9-11/h6-7,9-10H,4-5,8H2,1-3H3,(H2,19,21,22,23). The second-order valence-electron chi connectivity index (χ2n) is 5.66. The van der Waals surface area contributed by atoms with Gasteiger partial charge in [0.15, 0.2) is 5.65 Å². The van der Waals surface area contributed by atoms with Crippen LogP contribution in [0.4, 0.5) is 17.5 Å². The van der Waals surface area contributed by atoms with Crippen LogP contribution in [-0.4, -0.2) is 33.4 Å². The van der Waals surface area contributed by atoms with Crippen LogP contribution in [0.2, 0.25) is 5.02 Å². The molecule has 2 aromatic heterocycles. The molecule has 0 amide bonds. The van der Waals surface area contributed by atoms with E-state index >= 15 is 0 Å². The van der Waals surface area contributed by atoms with Crippen molar-refractivity contribution in [2.75, 3.05) is 24.3 Å². The number of aromatic nitrogens is 4. The topological polar surface area (TPSA) is 76.9 Å². The number of anilines is 3. The Balaban J connectivity index is 1.94. The van der Waals surface area contributed by atoms with Gasteiger partial charge in [0.2, 0.25) is 5.95 Å². The van der Waals surface area contributed by atoms with Crippen molar-refractivity contribution in [3.05, 3.63) is 29.4 Å². The second kappa shape index (κ2) is 7.57. The fourth-order valence-corrected chi connectivity index (χ4v) is 2.71. The Morgan fingerprint density at radius 1 is 1.28 bits per heavy atom. The molecule has 3 rings (SSSR count). The van der Waals surface area contributed by atoms with Crippen LogP contribution in [0.15, 0.2) is 24.4 Å². The molecule has 0 fully saturated rings. The number of benzene rings is 1. The summed E-state index contributed by atoms with van der Waals surface area (Å²) in [6.07, 6.45) is 3.92. The largest absolute Gasteiger partial charge is 0.495 e. The van der Waals surface area contributed by atoms with Crippen molar-refractivity contribution in [2.24, 2.45) is 7.05 Å². The first-order valence-electron chi connectivity index (χ1n) is 8.16. The molecule has 7 nitrogen and oxygen atoms in total. The predicted molar refractivity (Wildman–Crippen MR) is 101 cm³/mol. The molecule has 0 unspecified atom stereocenters. The van der Waals surface area contributed by atoms with Crippen molar-refractivity contribution in [3.8, 4) is 5.75 Å². The number of hydrogen-bond donors (Lipinski definition) is 2. The molecule has 0 bridgehead atoms. The van der Waals surface area contributed by atoms with Crippen molar-refractivity contribution in [2.45, 2.75) is 19.8 Å². The van der Waals surface area contributed by atoms with E-state index in [1.165, 1.54) is 0 Å². The minimum atomic E-state index is 0.533. The number of hydrogen-bond acceptors (Lipinski definition) is 6. The first-order chi connectivity index (χ1) is 12.1. The SMILES string of the molecule is CCCCNc1nc(Nc2ccc(OC)c(Cl)c2)c2cnn(C)c2n1. The molecule has 3 aromatic rings. The quantitative estimate of drug-likeness (QED) is 0.620. The van der Waals surface area contributed by atoms with Gasteiger partial charge in [0.25, 0.3) is 0 Å². The van der Waals surface area contributed by atoms with Crippen LogP contribution in [0.5, 0.6) is 5.75 Å². The lowest BCUT2D eigenvalue weighted by atomic mass is 10.3. The van der Waals surface area contributed by atoms with Gasteiger partial charge in [0, 0.05) is 19.3 Å². The monoisotopic (exact) mass is 360 g/mol. The van der Waals surface area contributed by atoms with Crippen molar-refractivity contribution < 1.29 is 4.74 Å². The molecule has 0 aliphatic carbocycles. The van der Waals surface area contributed by atoms with Gasteiger partial charge >= 0.3 is 0 Å². The Hall–Kier alpha value is -2.54. The van der Waals surface area contributed by atoms with Gasteiger partial charge < -0.3 is 15.4 Å². The van der Waals surface area contributed by atoms with Crippen molar-refractivity contribution in [1.82, 2.24) is 19.7 Å². The van der Waals surface area contributed by atoms with Gasteiger partial charge in [-0.2, -0.15) is 15.1 Å². The molecule has 0 spiro atoms. The molecule has 2 N–H and O–H groups in total. The first kappa shape index (κ1) is 17.3.